The number of nitrogens with zero attached hydrogens (tertiary/aromatic N) is 1. The van der Waals surface area contributed by atoms with E-state index in [0.29, 0.717) is 0 Å². The molecule has 9 nitrogen and oxygen atoms in total. The normalized spacial score (nSPS) is 12.9. The molecule has 0 saturated carbocycles. The number of aliphatic hydroxyl groups excluding tert-OH is 1. The number of benzene rings is 1. The average molecular weight is 322 g/mol. The number of para-hydroxylation sites is 1. The van der Waals surface area contributed by atoms with Crippen LogP contribution in [0.15, 0.2) is 23.1 Å². The Hall–Kier alpha value is -2.11. The summed E-state index contributed by atoms with van der Waals surface area (Å²) in [6.45, 7) is -0.483. The highest BCUT2D eigenvalue weighted by molar-refractivity contribution is 7.89. The number of sulfonamides is 1. The second kappa shape index (κ2) is 6.56. The molecule has 3 N–H and O–H groups in total. The molecule has 116 valence electrons. The van der Waals surface area contributed by atoms with Crippen LogP contribution in [-0.4, -0.2) is 42.2 Å². The molecule has 0 heterocycles. The Morgan fingerprint density at radius 3 is 2.62 bits per heavy atom. The first-order valence-corrected chi connectivity index (χ1v) is 6.98. The summed E-state index contributed by atoms with van der Waals surface area (Å²) < 4.78 is 38.9. The van der Waals surface area contributed by atoms with Gasteiger partial charge >= 0.3 is 11.7 Å². The third-order valence-corrected chi connectivity index (χ3v) is 3.91. The monoisotopic (exact) mass is 322 g/mol. The van der Waals surface area contributed by atoms with Gasteiger partial charge in [0, 0.05) is 6.54 Å². The Bertz CT molecular complexity index is 661. The van der Waals surface area contributed by atoms with Crippen LogP contribution in [0.3, 0.4) is 0 Å². The second-order valence-electron chi connectivity index (χ2n) is 3.88. The van der Waals surface area contributed by atoms with Crippen molar-refractivity contribution < 1.29 is 32.7 Å². The number of nitrogens with one attached hydrogen (secondary N) is 1. The fourth-order valence-electron chi connectivity index (χ4n) is 1.42. The Morgan fingerprint density at radius 2 is 2.10 bits per heavy atom. The van der Waals surface area contributed by atoms with E-state index >= 15 is 0 Å². The van der Waals surface area contributed by atoms with Gasteiger partial charge in [-0.05, 0) is 18.6 Å². The smallest absolute Gasteiger partial charge is 0.332 e. The number of halogens is 1. The van der Waals surface area contributed by atoms with Crippen LogP contribution >= 0.6 is 0 Å². The summed E-state index contributed by atoms with van der Waals surface area (Å²) in [6.07, 6.45) is -2.23. The highest BCUT2D eigenvalue weighted by Gasteiger charge is 2.29. The molecule has 1 atom stereocenters. The molecule has 0 aliphatic rings. The van der Waals surface area contributed by atoms with Gasteiger partial charge < -0.3 is 10.2 Å². The number of nitro groups is 1. The number of rotatable bonds is 7. The minimum absolute atomic E-state index is 0.447. The van der Waals surface area contributed by atoms with E-state index < -0.39 is 56.4 Å². The van der Waals surface area contributed by atoms with E-state index in [9.17, 15) is 27.7 Å². The number of aliphatic hydroxyl groups is 1. The van der Waals surface area contributed by atoms with Crippen molar-refractivity contribution in [3.8, 4) is 0 Å². The van der Waals surface area contributed by atoms with Crippen LogP contribution in [0, 0.1) is 15.9 Å². The zero-order valence-electron chi connectivity index (χ0n) is 10.4. The lowest BCUT2D eigenvalue weighted by atomic mass is 10.3. The van der Waals surface area contributed by atoms with Gasteiger partial charge in [0.1, 0.15) is 0 Å². The molecule has 0 radical (unpaired) electrons. The Morgan fingerprint density at radius 1 is 1.48 bits per heavy atom. The number of hydrogen-bond acceptors (Lipinski definition) is 6. The minimum Gasteiger partial charge on any atom is -0.479 e. The van der Waals surface area contributed by atoms with Crippen molar-refractivity contribution in [3.63, 3.8) is 0 Å². The number of carbonyl (C=O) groups is 1. The summed E-state index contributed by atoms with van der Waals surface area (Å²) in [6, 6.07) is 2.57. The van der Waals surface area contributed by atoms with Crippen LogP contribution in [0.25, 0.3) is 0 Å². The van der Waals surface area contributed by atoms with Gasteiger partial charge in [-0.15, -0.1) is 0 Å². The topological polar surface area (TPSA) is 147 Å². The van der Waals surface area contributed by atoms with Crippen molar-refractivity contribution in [1.82, 2.24) is 4.72 Å². The molecule has 0 saturated heterocycles. The van der Waals surface area contributed by atoms with Crippen LogP contribution < -0.4 is 4.72 Å². The quantitative estimate of drug-likeness (QED) is 0.467. The maximum Gasteiger partial charge on any atom is 0.332 e. The van der Waals surface area contributed by atoms with Gasteiger partial charge in [-0.3, -0.25) is 10.1 Å². The molecule has 11 heteroatoms. The SMILES string of the molecule is O=C(O)[C@@H](O)CCNS(=O)(=O)c1cccc(F)c1[N+](=O)[O-]. The van der Waals surface area contributed by atoms with Gasteiger partial charge in [0.05, 0.1) is 4.92 Å². The van der Waals surface area contributed by atoms with Crippen LogP contribution in [-0.2, 0) is 14.8 Å². The molecule has 0 amide bonds. The third-order valence-electron chi connectivity index (χ3n) is 2.42. The van der Waals surface area contributed by atoms with Gasteiger partial charge in [-0.2, -0.15) is 4.39 Å². The van der Waals surface area contributed by atoms with Gasteiger partial charge in [0.25, 0.3) is 0 Å². The van der Waals surface area contributed by atoms with Crippen molar-refractivity contribution in [3.05, 3.63) is 34.1 Å². The standard InChI is InChI=1S/C10H11FN2O7S/c11-6-2-1-3-8(9(6)13(17)18)21(19,20)12-5-4-7(14)10(15)16/h1-3,7,12,14H,4-5H2,(H,15,16)/t7-/m0/s1. The number of nitro benzene ring substituents is 1. The van der Waals surface area contributed by atoms with Crippen molar-refractivity contribution in [2.75, 3.05) is 6.54 Å². The predicted molar refractivity (Wildman–Crippen MR) is 66.5 cm³/mol. The zero-order valence-corrected chi connectivity index (χ0v) is 11.2. The summed E-state index contributed by atoms with van der Waals surface area (Å²) in [5.74, 6) is -2.85. The van der Waals surface area contributed by atoms with E-state index in [-0.39, 0.29) is 0 Å². The molecule has 0 aliphatic heterocycles. The summed E-state index contributed by atoms with van der Waals surface area (Å²) in [5.41, 5.74) is -1.20. The number of hydrogen-bond donors (Lipinski definition) is 3. The van der Waals surface area contributed by atoms with Crippen LogP contribution in [0.5, 0.6) is 0 Å². The maximum atomic E-state index is 13.3. The molecule has 0 bridgehead atoms. The largest absolute Gasteiger partial charge is 0.479 e. The van der Waals surface area contributed by atoms with E-state index in [4.69, 9.17) is 10.2 Å². The van der Waals surface area contributed by atoms with E-state index in [1.807, 2.05) is 4.72 Å². The summed E-state index contributed by atoms with van der Waals surface area (Å²) in [4.78, 5) is 19.0. The molecule has 0 aromatic heterocycles. The van der Waals surface area contributed by atoms with E-state index in [1.54, 1.807) is 0 Å². The fraction of sp³-hybridized carbons (Fsp3) is 0.300. The number of carboxylic acid groups (broad SMARTS) is 1. The van der Waals surface area contributed by atoms with Crippen molar-refractivity contribution in [2.45, 2.75) is 17.4 Å². The molecule has 0 spiro atoms. The lowest BCUT2D eigenvalue weighted by Gasteiger charge is -2.09. The molecule has 1 aromatic rings. The Labute approximate surface area is 118 Å². The first-order chi connectivity index (χ1) is 9.66. The summed E-state index contributed by atoms with van der Waals surface area (Å²) in [5, 5.41) is 28.1. The molecule has 0 unspecified atom stereocenters. The summed E-state index contributed by atoms with van der Waals surface area (Å²) in [7, 11) is -4.42. The maximum absolute atomic E-state index is 13.3. The molecule has 0 aliphatic carbocycles. The van der Waals surface area contributed by atoms with Gasteiger partial charge in [0.15, 0.2) is 11.0 Å². The molecular weight excluding hydrogens is 311 g/mol. The Kier molecular flexibility index (Phi) is 5.29. The number of aliphatic carboxylic acids is 1. The molecule has 21 heavy (non-hydrogen) atoms. The van der Waals surface area contributed by atoms with Crippen molar-refractivity contribution >= 4 is 21.7 Å². The van der Waals surface area contributed by atoms with Crippen LogP contribution in [0.4, 0.5) is 10.1 Å². The number of carboxylic acids is 1. The lowest BCUT2D eigenvalue weighted by Crippen LogP contribution is -2.30. The van der Waals surface area contributed by atoms with Crippen molar-refractivity contribution in [1.29, 1.82) is 0 Å². The Balaban J connectivity index is 2.97. The van der Waals surface area contributed by atoms with Gasteiger partial charge in [-0.1, -0.05) is 6.07 Å². The highest BCUT2D eigenvalue weighted by Crippen LogP contribution is 2.26. The van der Waals surface area contributed by atoms with Gasteiger partial charge in [-0.25, -0.2) is 17.9 Å². The first kappa shape index (κ1) is 16.9. The molecular formula is C10H11FN2O7S. The second-order valence-corrected chi connectivity index (χ2v) is 5.62. The first-order valence-electron chi connectivity index (χ1n) is 5.50. The zero-order chi connectivity index (χ0) is 16.2. The molecule has 1 aromatic carbocycles. The van der Waals surface area contributed by atoms with E-state index in [0.717, 1.165) is 18.2 Å². The van der Waals surface area contributed by atoms with Gasteiger partial charge in [0.2, 0.25) is 15.8 Å². The fourth-order valence-corrected chi connectivity index (χ4v) is 2.65. The highest BCUT2D eigenvalue weighted by atomic mass is 32.2. The van der Waals surface area contributed by atoms with Crippen LogP contribution in [0.1, 0.15) is 6.42 Å². The van der Waals surface area contributed by atoms with E-state index in [1.165, 1.54) is 0 Å². The average Bonchev–Trinajstić information content (AvgIpc) is 2.37. The lowest BCUT2D eigenvalue weighted by molar-refractivity contribution is -0.390. The molecule has 0 fully saturated rings. The minimum atomic E-state index is -4.42. The van der Waals surface area contributed by atoms with Crippen molar-refractivity contribution in [2.24, 2.45) is 0 Å². The predicted octanol–water partition coefficient (Wildman–Crippen LogP) is -0.152. The van der Waals surface area contributed by atoms with Crippen LogP contribution in [0.2, 0.25) is 0 Å². The van der Waals surface area contributed by atoms with E-state index in [2.05, 4.69) is 0 Å². The summed E-state index contributed by atoms with van der Waals surface area (Å²) >= 11 is 0. The third kappa shape index (κ3) is 4.18. The molecule has 1 rings (SSSR count).